The number of amides is 2. The topological polar surface area (TPSA) is 87.9 Å². The molecule has 1 N–H and O–H groups in total. The summed E-state index contributed by atoms with van der Waals surface area (Å²) in [6.45, 7) is 7.67. The minimum absolute atomic E-state index is 0.0620. The first-order valence-electron chi connectivity index (χ1n) is 9.57. The molecule has 0 unspecified atom stereocenters. The summed E-state index contributed by atoms with van der Waals surface area (Å²) in [5, 5.41) is 14.5. The average molecular weight is 376 g/mol. The quantitative estimate of drug-likeness (QED) is 0.740. The van der Waals surface area contributed by atoms with Crippen molar-refractivity contribution in [1.82, 2.24) is 19.6 Å². The summed E-state index contributed by atoms with van der Waals surface area (Å²) in [5.41, 5.74) is 1.65. The van der Waals surface area contributed by atoms with E-state index in [-0.39, 0.29) is 23.5 Å². The summed E-state index contributed by atoms with van der Waals surface area (Å²) in [7, 11) is 1.80. The van der Waals surface area contributed by atoms with E-state index in [4.69, 9.17) is 9.84 Å². The molecule has 0 atom stereocenters. The van der Waals surface area contributed by atoms with E-state index in [1.165, 1.54) is 0 Å². The monoisotopic (exact) mass is 376 g/mol. The van der Waals surface area contributed by atoms with Crippen molar-refractivity contribution in [3.63, 3.8) is 0 Å². The van der Waals surface area contributed by atoms with Gasteiger partial charge in [0, 0.05) is 44.1 Å². The standard InChI is InChI=1S/C19H28N4O4/c1-18(2,3)27-17(26)22-6-5-14-13(9-22)15-16(25)21(4)10-19(7-12(24)8-19)11-23(15)20-14/h12,24H,5-11H2,1-4H3. The number of hydrogen-bond acceptors (Lipinski definition) is 5. The molecule has 8 nitrogen and oxygen atoms in total. The fourth-order valence-electron chi connectivity index (χ4n) is 4.58. The fraction of sp³-hybridized carbons (Fsp3) is 0.737. The van der Waals surface area contributed by atoms with Gasteiger partial charge < -0.3 is 19.6 Å². The van der Waals surface area contributed by atoms with Crippen LogP contribution in [0.3, 0.4) is 0 Å². The second kappa shape index (κ2) is 5.95. The van der Waals surface area contributed by atoms with E-state index >= 15 is 0 Å². The van der Waals surface area contributed by atoms with Crippen LogP contribution in [0.15, 0.2) is 0 Å². The first-order chi connectivity index (χ1) is 12.6. The Kier molecular flexibility index (Phi) is 4.03. The molecule has 2 aliphatic heterocycles. The van der Waals surface area contributed by atoms with Gasteiger partial charge in [-0.05, 0) is 33.6 Å². The van der Waals surface area contributed by atoms with Crippen molar-refractivity contribution in [3.05, 3.63) is 17.0 Å². The van der Waals surface area contributed by atoms with Gasteiger partial charge in [0.15, 0.2) is 0 Å². The minimum Gasteiger partial charge on any atom is -0.444 e. The number of rotatable bonds is 0. The summed E-state index contributed by atoms with van der Waals surface area (Å²) in [5.74, 6) is -0.0620. The lowest BCUT2D eigenvalue weighted by molar-refractivity contribution is -0.0530. The van der Waals surface area contributed by atoms with Crippen LogP contribution >= 0.6 is 0 Å². The van der Waals surface area contributed by atoms with Gasteiger partial charge in [0.1, 0.15) is 11.3 Å². The molecule has 4 rings (SSSR count). The number of aliphatic hydroxyl groups is 1. The van der Waals surface area contributed by atoms with Gasteiger partial charge >= 0.3 is 6.09 Å². The van der Waals surface area contributed by atoms with E-state index in [1.54, 1.807) is 16.8 Å². The van der Waals surface area contributed by atoms with Gasteiger partial charge in [-0.15, -0.1) is 0 Å². The Morgan fingerprint density at radius 2 is 2.00 bits per heavy atom. The molecular formula is C19H28N4O4. The summed E-state index contributed by atoms with van der Waals surface area (Å²) in [6, 6.07) is 0. The van der Waals surface area contributed by atoms with Crippen LogP contribution in [0.2, 0.25) is 0 Å². The molecule has 3 heterocycles. The Morgan fingerprint density at radius 3 is 2.63 bits per heavy atom. The van der Waals surface area contributed by atoms with Crippen molar-refractivity contribution >= 4 is 12.0 Å². The third-order valence-electron chi connectivity index (χ3n) is 5.70. The number of carbonyl (C=O) groups excluding carboxylic acids is 2. The van der Waals surface area contributed by atoms with E-state index in [1.807, 2.05) is 25.5 Å². The molecule has 0 radical (unpaired) electrons. The highest BCUT2D eigenvalue weighted by Gasteiger charge is 2.48. The molecule has 1 aromatic rings. The molecule has 1 aliphatic carbocycles. The maximum atomic E-state index is 13.1. The van der Waals surface area contributed by atoms with Crippen LogP contribution in [-0.2, 0) is 24.2 Å². The fourth-order valence-corrected chi connectivity index (χ4v) is 4.58. The van der Waals surface area contributed by atoms with Crippen LogP contribution in [0, 0.1) is 5.41 Å². The lowest BCUT2D eigenvalue weighted by Gasteiger charge is -2.45. The van der Waals surface area contributed by atoms with Crippen LogP contribution in [0.5, 0.6) is 0 Å². The lowest BCUT2D eigenvalue weighted by Crippen LogP contribution is -2.49. The SMILES string of the molecule is CN1CC2(CC(O)C2)Cn2nc3c(c2C1=O)CN(C(=O)OC(C)(C)C)CC3. The Morgan fingerprint density at radius 1 is 1.30 bits per heavy atom. The Balaban J connectivity index is 1.63. The van der Waals surface area contributed by atoms with Crippen molar-refractivity contribution in [2.75, 3.05) is 20.1 Å². The molecule has 1 spiro atoms. The number of ether oxygens (including phenoxy) is 1. The zero-order valence-corrected chi connectivity index (χ0v) is 16.5. The van der Waals surface area contributed by atoms with Gasteiger partial charge in [-0.3, -0.25) is 9.48 Å². The van der Waals surface area contributed by atoms with Crippen molar-refractivity contribution in [2.45, 2.75) is 64.8 Å². The number of aliphatic hydroxyl groups excluding tert-OH is 1. The van der Waals surface area contributed by atoms with E-state index in [9.17, 15) is 14.7 Å². The Hall–Kier alpha value is -2.09. The number of nitrogens with zero attached hydrogens (tertiary/aromatic N) is 4. The van der Waals surface area contributed by atoms with E-state index < -0.39 is 5.60 Å². The third kappa shape index (κ3) is 3.20. The van der Waals surface area contributed by atoms with Gasteiger partial charge in [0.25, 0.3) is 5.91 Å². The molecular weight excluding hydrogens is 348 g/mol. The average Bonchev–Trinajstić information content (AvgIpc) is 2.82. The van der Waals surface area contributed by atoms with E-state index in [2.05, 4.69) is 0 Å². The van der Waals surface area contributed by atoms with Gasteiger partial charge in [-0.2, -0.15) is 5.10 Å². The second-order valence-corrected chi connectivity index (χ2v) is 9.31. The van der Waals surface area contributed by atoms with Crippen LogP contribution in [0.1, 0.15) is 55.4 Å². The molecule has 1 saturated carbocycles. The van der Waals surface area contributed by atoms with Gasteiger partial charge in [0.05, 0.1) is 18.3 Å². The van der Waals surface area contributed by atoms with Crippen molar-refractivity contribution in [1.29, 1.82) is 0 Å². The van der Waals surface area contributed by atoms with Crippen LogP contribution in [0.4, 0.5) is 4.79 Å². The first-order valence-corrected chi connectivity index (χ1v) is 9.57. The molecule has 148 valence electrons. The van der Waals surface area contributed by atoms with Gasteiger partial charge in [-0.1, -0.05) is 0 Å². The number of hydrogen-bond donors (Lipinski definition) is 1. The summed E-state index contributed by atoms with van der Waals surface area (Å²) in [4.78, 5) is 28.9. The van der Waals surface area contributed by atoms with E-state index in [0.29, 0.717) is 51.1 Å². The molecule has 0 aromatic carbocycles. The highest BCUT2D eigenvalue weighted by Crippen LogP contribution is 2.45. The number of fused-ring (bicyclic) bond motifs is 3. The predicted octanol–water partition coefficient (Wildman–Crippen LogP) is 1.40. The molecule has 1 fully saturated rings. The molecule has 8 heteroatoms. The Bertz CT molecular complexity index is 788. The molecule has 0 bridgehead atoms. The van der Waals surface area contributed by atoms with Gasteiger partial charge in [-0.25, -0.2) is 4.79 Å². The molecule has 3 aliphatic rings. The smallest absolute Gasteiger partial charge is 0.410 e. The normalized spacial score (nSPS) is 27.7. The summed E-state index contributed by atoms with van der Waals surface area (Å²) < 4.78 is 7.31. The number of aromatic nitrogens is 2. The van der Waals surface area contributed by atoms with Crippen molar-refractivity contribution in [3.8, 4) is 0 Å². The summed E-state index contributed by atoms with van der Waals surface area (Å²) >= 11 is 0. The molecule has 0 saturated heterocycles. The van der Waals surface area contributed by atoms with Crippen molar-refractivity contribution < 1.29 is 19.4 Å². The highest BCUT2D eigenvalue weighted by molar-refractivity contribution is 5.94. The zero-order chi connectivity index (χ0) is 19.6. The van der Waals surface area contributed by atoms with Crippen LogP contribution in [-0.4, -0.2) is 68.5 Å². The minimum atomic E-state index is -0.555. The maximum absolute atomic E-state index is 13.1. The highest BCUT2D eigenvalue weighted by atomic mass is 16.6. The molecule has 27 heavy (non-hydrogen) atoms. The zero-order valence-electron chi connectivity index (χ0n) is 16.5. The summed E-state index contributed by atoms with van der Waals surface area (Å²) in [6.07, 6.45) is 1.35. The third-order valence-corrected chi connectivity index (χ3v) is 5.70. The Labute approximate surface area is 159 Å². The maximum Gasteiger partial charge on any atom is 0.410 e. The largest absolute Gasteiger partial charge is 0.444 e. The predicted molar refractivity (Wildman–Crippen MR) is 97.2 cm³/mol. The van der Waals surface area contributed by atoms with Gasteiger partial charge in [0.2, 0.25) is 0 Å². The van der Waals surface area contributed by atoms with Crippen LogP contribution in [0.25, 0.3) is 0 Å². The van der Waals surface area contributed by atoms with E-state index in [0.717, 1.165) is 11.3 Å². The number of carbonyl (C=O) groups is 2. The molecule has 2 amide bonds. The first kappa shape index (κ1) is 18.3. The molecule has 1 aromatic heterocycles. The second-order valence-electron chi connectivity index (χ2n) is 9.31. The lowest BCUT2D eigenvalue weighted by atomic mass is 9.66. The van der Waals surface area contributed by atoms with Crippen molar-refractivity contribution in [2.24, 2.45) is 5.41 Å². The van der Waals surface area contributed by atoms with Crippen LogP contribution < -0.4 is 0 Å².